The van der Waals surface area contributed by atoms with E-state index in [4.69, 9.17) is 27.9 Å². The molecule has 2 aromatic rings. The molecule has 0 radical (unpaired) electrons. The first-order valence-electron chi connectivity index (χ1n) is 5.63. The van der Waals surface area contributed by atoms with Gasteiger partial charge in [0.25, 0.3) is 0 Å². The van der Waals surface area contributed by atoms with E-state index in [1.165, 1.54) is 0 Å². The largest absolute Gasteiger partial charge is 0.422 e. The number of rotatable bonds is 1. The van der Waals surface area contributed by atoms with Crippen LogP contribution < -0.4 is 0 Å². The number of carbonyl (C=O) groups is 1. The van der Waals surface area contributed by atoms with E-state index in [0.29, 0.717) is 21.4 Å². The van der Waals surface area contributed by atoms with Crippen molar-refractivity contribution in [3.05, 3.63) is 69.2 Å². The summed E-state index contributed by atoms with van der Waals surface area (Å²) in [6.07, 6.45) is 1.77. The van der Waals surface area contributed by atoms with E-state index >= 15 is 0 Å². The molecule has 19 heavy (non-hydrogen) atoms. The molecule has 0 amide bonds. The minimum absolute atomic E-state index is 0.332. The summed E-state index contributed by atoms with van der Waals surface area (Å²) >= 11 is 11.8. The van der Waals surface area contributed by atoms with Crippen molar-refractivity contribution in [3.8, 4) is 0 Å². The van der Waals surface area contributed by atoms with E-state index in [-0.39, 0.29) is 5.97 Å². The fourth-order valence-electron chi connectivity index (χ4n) is 1.95. The Morgan fingerprint density at radius 2 is 1.68 bits per heavy atom. The molecule has 1 aliphatic rings. The molecule has 0 N–H and O–H groups in total. The number of hydrogen-bond acceptors (Lipinski definition) is 2. The van der Waals surface area contributed by atoms with Gasteiger partial charge in [-0.1, -0.05) is 47.5 Å². The molecule has 0 saturated heterocycles. The van der Waals surface area contributed by atoms with Crippen molar-refractivity contribution in [2.75, 3.05) is 0 Å². The van der Waals surface area contributed by atoms with Crippen LogP contribution in [0.25, 0.3) is 11.8 Å². The summed E-state index contributed by atoms with van der Waals surface area (Å²) in [6, 6.07) is 12.5. The second kappa shape index (κ2) is 4.72. The molecular formula is C15H8Cl2O2. The lowest BCUT2D eigenvalue weighted by atomic mass is 10.1. The van der Waals surface area contributed by atoms with Crippen LogP contribution in [0.1, 0.15) is 21.5 Å². The number of benzene rings is 2. The second-order valence-electron chi connectivity index (χ2n) is 4.12. The highest BCUT2D eigenvalue weighted by molar-refractivity contribution is 6.42. The average Bonchev–Trinajstić information content (AvgIpc) is 2.72. The Hall–Kier alpha value is -1.77. The van der Waals surface area contributed by atoms with Gasteiger partial charge in [-0.25, -0.2) is 4.79 Å². The Kier molecular flexibility index (Phi) is 3.05. The highest BCUT2D eigenvalue weighted by Crippen LogP contribution is 2.32. The Labute approximate surface area is 120 Å². The first-order valence-corrected chi connectivity index (χ1v) is 6.39. The Morgan fingerprint density at radius 1 is 0.947 bits per heavy atom. The molecule has 2 nitrogen and oxygen atoms in total. The minimum atomic E-state index is -0.332. The highest BCUT2D eigenvalue weighted by atomic mass is 35.5. The molecule has 0 spiro atoms. The molecule has 2 aromatic carbocycles. The monoisotopic (exact) mass is 290 g/mol. The first kappa shape index (κ1) is 12.3. The van der Waals surface area contributed by atoms with Crippen molar-refractivity contribution in [3.63, 3.8) is 0 Å². The van der Waals surface area contributed by atoms with Crippen molar-refractivity contribution in [1.29, 1.82) is 0 Å². The summed E-state index contributed by atoms with van der Waals surface area (Å²) in [6.45, 7) is 0. The zero-order chi connectivity index (χ0) is 13.4. The van der Waals surface area contributed by atoms with Gasteiger partial charge in [-0.2, -0.15) is 0 Å². The second-order valence-corrected chi connectivity index (χ2v) is 4.93. The number of esters is 1. The Bertz CT molecular complexity index is 705. The van der Waals surface area contributed by atoms with Crippen LogP contribution in [0.2, 0.25) is 10.0 Å². The van der Waals surface area contributed by atoms with Crippen molar-refractivity contribution < 1.29 is 9.53 Å². The molecular weight excluding hydrogens is 283 g/mol. The van der Waals surface area contributed by atoms with Crippen molar-refractivity contribution >= 4 is 41.0 Å². The van der Waals surface area contributed by atoms with Gasteiger partial charge in [-0.05, 0) is 29.8 Å². The lowest BCUT2D eigenvalue weighted by Crippen LogP contribution is -1.92. The highest BCUT2D eigenvalue weighted by Gasteiger charge is 2.25. The summed E-state index contributed by atoms with van der Waals surface area (Å²) in [5.74, 6) is 0.195. The van der Waals surface area contributed by atoms with E-state index in [9.17, 15) is 4.79 Å². The van der Waals surface area contributed by atoms with Gasteiger partial charge in [-0.15, -0.1) is 0 Å². The third-order valence-corrected chi connectivity index (χ3v) is 3.60. The fourth-order valence-corrected chi connectivity index (χ4v) is 2.25. The number of halogens is 2. The van der Waals surface area contributed by atoms with E-state index < -0.39 is 0 Å². The van der Waals surface area contributed by atoms with Gasteiger partial charge in [-0.3, -0.25) is 0 Å². The van der Waals surface area contributed by atoms with E-state index in [1.807, 2.05) is 24.3 Å². The van der Waals surface area contributed by atoms with Crippen LogP contribution in [-0.4, -0.2) is 5.97 Å². The molecule has 0 aromatic heterocycles. The van der Waals surface area contributed by atoms with Crippen LogP contribution in [-0.2, 0) is 4.74 Å². The van der Waals surface area contributed by atoms with Gasteiger partial charge in [0.2, 0.25) is 0 Å². The molecule has 1 aliphatic heterocycles. The number of fused-ring (bicyclic) bond motifs is 1. The minimum Gasteiger partial charge on any atom is -0.422 e. The number of carbonyl (C=O) groups excluding carboxylic acids is 1. The van der Waals surface area contributed by atoms with Crippen molar-refractivity contribution in [2.24, 2.45) is 0 Å². The van der Waals surface area contributed by atoms with Crippen molar-refractivity contribution in [2.45, 2.75) is 0 Å². The number of hydrogen-bond donors (Lipinski definition) is 0. The Morgan fingerprint density at radius 3 is 2.42 bits per heavy atom. The third-order valence-electron chi connectivity index (χ3n) is 2.86. The summed E-state index contributed by atoms with van der Waals surface area (Å²) in [7, 11) is 0. The van der Waals surface area contributed by atoms with Gasteiger partial charge in [0, 0.05) is 5.56 Å². The normalized spacial score (nSPS) is 15.5. The lowest BCUT2D eigenvalue weighted by molar-refractivity contribution is 0.0717. The molecule has 0 unspecified atom stereocenters. The molecule has 3 rings (SSSR count). The Balaban J connectivity index is 2.06. The lowest BCUT2D eigenvalue weighted by Gasteiger charge is -2.01. The van der Waals surface area contributed by atoms with Gasteiger partial charge in [0.15, 0.2) is 0 Å². The zero-order valence-electron chi connectivity index (χ0n) is 9.69. The first-order chi connectivity index (χ1) is 9.15. The van der Waals surface area contributed by atoms with Gasteiger partial charge < -0.3 is 4.74 Å². The molecule has 0 aliphatic carbocycles. The molecule has 0 atom stereocenters. The maximum absolute atomic E-state index is 11.7. The SMILES string of the molecule is O=C1OC(=Cc2ccc(Cl)c(Cl)c2)c2ccccc21. The molecule has 94 valence electrons. The van der Waals surface area contributed by atoms with Crippen molar-refractivity contribution in [1.82, 2.24) is 0 Å². The third kappa shape index (κ3) is 2.25. The van der Waals surface area contributed by atoms with Crippen LogP contribution in [0.5, 0.6) is 0 Å². The smallest absolute Gasteiger partial charge is 0.344 e. The van der Waals surface area contributed by atoms with Gasteiger partial charge >= 0.3 is 5.97 Å². The summed E-state index contributed by atoms with van der Waals surface area (Å²) in [4.78, 5) is 11.7. The predicted molar refractivity (Wildman–Crippen MR) is 76.2 cm³/mol. The summed E-state index contributed by atoms with van der Waals surface area (Å²) < 4.78 is 5.25. The summed E-state index contributed by atoms with van der Waals surface area (Å²) in [5.41, 5.74) is 2.20. The van der Waals surface area contributed by atoms with Gasteiger partial charge in [0.05, 0.1) is 15.6 Å². The quantitative estimate of drug-likeness (QED) is 0.714. The van der Waals surface area contributed by atoms with E-state index in [0.717, 1.165) is 11.1 Å². The van der Waals surface area contributed by atoms with Crippen LogP contribution in [0.4, 0.5) is 0 Å². The molecule has 4 heteroatoms. The van der Waals surface area contributed by atoms with Crippen LogP contribution >= 0.6 is 23.2 Å². The zero-order valence-corrected chi connectivity index (χ0v) is 11.2. The fraction of sp³-hybridized carbons (Fsp3) is 0. The van der Waals surface area contributed by atoms with E-state index in [2.05, 4.69) is 0 Å². The molecule has 0 saturated carbocycles. The number of cyclic esters (lactones) is 1. The number of ether oxygens (including phenoxy) is 1. The van der Waals surface area contributed by atoms with E-state index in [1.54, 1.807) is 24.3 Å². The van der Waals surface area contributed by atoms with Crippen LogP contribution in [0.3, 0.4) is 0 Å². The van der Waals surface area contributed by atoms with Crippen LogP contribution in [0, 0.1) is 0 Å². The molecule has 0 bridgehead atoms. The average molecular weight is 291 g/mol. The van der Waals surface area contributed by atoms with Crippen LogP contribution in [0.15, 0.2) is 42.5 Å². The predicted octanol–water partition coefficient (Wildman–Crippen LogP) is 4.66. The maximum Gasteiger partial charge on any atom is 0.344 e. The van der Waals surface area contributed by atoms with Gasteiger partial charge in [0.1, 0.15) is 5.76 Å². The topological polar surface area (TPSA) is 26.3 Å². The molecule has 0 fully saturated rings. The molecule has 1 heterocycles. The summed E-state index contributed by atoms with van der Waals surface area (Å²) in [5, 5.41) is 0.959. The maximum atomic E-state index is 11.7. The standard InChI is InChI=1S/C15H8Cl2O2/c16-12-6-5-9(7-13(12)17)8-14-10-3-1-2-4-11(10)15(18)19-14/h1-8H.